The van der Waals surface area contributed by atoms with E-state index in [0.29, 0.717) is 0 Å². The van der Waals surface area contributed by atoms with Crippen LogP contribution >= 0.6 is 0 Å². The number of aromatic nitrogens is 2. The quantitative estimate of drug-likeness (QED) is 0.593. The standard InChI is InChI=1S/C11H17FN4O2/c12-8-10(14-5-2-1-3-6-14)9-15-7-4-13-11(15)16(17)18/h4,7,10H,1-3,5-6,8-9H2. The summed E-state index contributed by atoms with van der Waals surface area (Å²) < 4.78 is 14.5. The molecule has 0 amide bonds. The molecule has 0 saturated carbocycles. The van der Waals surface area contributed by atoms with Crippen LogP contribution < -0.4 is 0 Å². The molecule has 7 heteroatoms. The molecule has 1 aromatic rings. The lowest BCUT2D eigenvalue weighted by atomic mass is 10.1. The Labute approximate surface area is 105 Å². The van der Waals surface area contributed by atoms with Crippen LogP contribution in [0.1, 0.15) is 19.3 Å². The Hall–Kier alpha value is -1.50. The Kier molecular flexibility index (Phi) is 4.24. The maximum absolute atomic E-state index is 13.1. The highest BCUT2D eigenvalue weighted by Crippen LogP contribution is 2.16. The van der Waals surface area contributed by atoms with Crippen molar-refractivity contribution < 1.29 is 9.31 Å². The molecule has 0 bridgehead atoms. The number of likely N-dealkylation sites (tertiary alicyclic amines) is 1. The third kappa shape index (κ3) is 2.84. The Morgan fingerprint density at radius 3 is 2.78 bits per heavy atom. The molecule has 18 heavy (non-hydrogen) atoms. The van der Waals surface area contributed by atoms with Crippen molar-refractivity contribution in [1.82, 2.24) is 14.5 Å². The average Bonchev–Trinajstić information content (AvgIpc) is 2.85. The zero-order valence-corrected chi connectivity index (χ0v) is 10.2. The number of imidazole rings is 1. The summed E-state index contributed by atoms with van der Waals surface area (Å²) in [7, 11) is 0. The van der Waals surface area contributed by atoms with Gasteiger partial charge in [-0.2, -0.15) is 0 Å². The van der Waals surface area contributed by atoms with Crippen LogP contribution in [-0.2, 0) is 6.54 Å². The Bertz CT molecular complexity index is 404. The van der Waals surface area contributed by atoms with E-state index < -0.39 is 11.6 Å². The van der Waals surface area contributed by atoms with E-state index in [1.807, 2.05) is 0 Å². The highest BCUT2D eigenvalue weighted by atomic mass is 19.1. The maximum Gasteiger partial charge on any atom is 0.434 e. The van der Waals surface area contributed by atoms with Gasteiger partial charge in [-0.3, -0.25) is 4.90 Å². The minimum absolute atomic E-state index is 0.217. The van der Waals surface area contributed by atoms with Gasteiger partial charge in [0.1, 0.15) is 19.1 Å². The van der Waals surface area contributed by atoms with Gasteiger partial charge in [0.15, 0.2) is 0 Å². The Morgan fingerprint density at radius 1 is 1.44 bits per heavy atom. The van der Waals surface area contributed by atoms with Crippen LogP contribution in [-0.4, -0.2) is 45.2 Å². The van der Waals surface area contributed by atoms with Gasteiger partial charge in [-0.1, -0.05) is 11.4 Å². The second-order valence-corrected chi connectivity index (χ2v) is 4.54. The SMILES string of the molecule is O=[N+]([O-])c1nccn1CC(CF)N1CCCCC1. The van der Waals surface area contributed by atoms with E-state index in [1.165, 1.54) is 23.4 Å². The van der Waals surface area contributed by atoms with Gasteiger partial charge in [0.2, 0.25) is 0 Å². The first kappa shape index (κ1) is 12.9. The molecule has 0 spiro atoms. The fourth-order valence-electron chi connectivity index (χ4n) is 2.39. The topological polar surface area (TPSA) is 64.2 Å². The Morgan fingerprint density at radius 2 is 2.17 bits per heavy atom. The fourth-order valence-corrected chi connectivity index (χ4v) is 2.39. The summed E-state index contributed by atoms with van der Waals surface area (Å²) in [6, 6.07) is -0.293. The number of hydrogen-bond acceptors (Lipinski definition) is 4. The molecule has 1 aromatic heterocycles. The van der Waals surface area contributed by atoms with E-state index in [-0.39, 0.29) is 18.5 Å². The van der Waals surface area contributed by atoms with Crippen molar-refractivity contribution in [1.29, 1.82) is 0 Å². The zero-order chi connectivity index (χ0) is 13.0. The molecule has 6 nitrogen and oxygen atoms in total. The van der Waals surface area contributed by atoms with Crippen LogP contribution in [0.3, 0.4) is 0 Å². The normalized spacial score (nSPS) is 18.7. The molecule has 1 atom stereocenters. The number of alkyl halides is 1. The van der Waals surface area contributed by atoms with Gasteiger partial charge >= 0.3 is 5.95 Å². The summed E-state index contributed by atoms with van der Waals surface area (Å²) in [5, 5.41) is 10.7. The largest absolute Gasteiger partial charge is 0.434 e. The molecule has 0 N–H and O–H groups in total. The monoisotopic (exact) mass is 256 g/mol. The first-order valence-electron chi connectivity index (χ1n) is 6.18. The third-order valence-corrected chi connectivity index (χ3v) is 3.35. The molecular formula is C11H17FN4O2. The summed E-state index contributed by atoms with van der Waals surface area (Å²) in [5.41, 5.74) is 0. The van der Waals surface area contributed by atoms with Crippen molar-refractivity contribution in [3.8, 4) is 0 Å². The molecule has 1 aliphatic rings. The maximum atomic E-state index is 13.1. The first-order chi connectivity index (χ1) is 8.72. The summed E-state index contributed by atoms with van der Waals surface area (Å²) in [6.45, 7) is 1.54. The van der Waals surface area contributed by atoms with Crippen molar-refractivity contribution in [2.24, 2.45) is 0 Å². The highest BCUT2D eigenvalue weighted by Gasteiger charge is 2.25. The number of rotatable bonds is 5. The summed E-state index contributed by atoms with van der Waals surface area (Å²) in [4.78, 5) is 16.0. The van der Waals surface area contributed by atoms with Crippen LogP contribution in [0.5, 0.6) is 0 Å². The van der Waals surface area contributed by atoms with Gasteiger partial charge in [-0.15, -0.1) is 0 Å². The molecule has 0 radical (unpaired) electrons. The molecule has 2 heterocycles. The van der Waals surface area contributed by atoms with Crippen LogP contribution in [0.15, 0.2) is 12.4 Å². The molecular weight excluding hydrogens is 239 g/mol. The van der Waals surface area contributed by atoms with Crippen molar-refractivity contribution in [3.63, 3.8) is 0 Å². The van der Waals surface area contributed by atoms with E-state index in [1.54, 1.807) is 0 Å². The highest BCUT2D eigenvalue weighted by molar-refractivity contribution is 5.07. The molecule has 1 fully saturated rings. The molecule has 100 valence electrons. The lowest BCUT2D eigenvalue weighted by Gasteiger charge is -2.32. The zero-order valence-electron chi connectivity index (χ0n) is 10.2. The molecule has 1 saturated heterocycles. The van der Waals surface area contributed by atoms with Crippen LogP contribution in [0.2, 0.25) is 0 Å². The van der Waals surface area contributed by atoms with E-state index in [9.17, 15) is 14.5 Å². The number of halogens is 1. The second kappa shape index (κ2) is 5.90. The predicted molar refractivity (Wildman–Crippen MR) is 64.1 cm³/mol. The second-order valence-electron chi connectivity index (χ2n) is 4.54. The lowest BCUT2D eigenvalue weighted by Crippen LogP contribution is -2.43. The van der Waals surface area contributed by atoms with Crippen molar-refractivity contribution >= 4 is 5.95 Å². The number of nitrogens with zero attached hydrogens (tertiary/aromatic N) is 4. The van der Waals surface area contributed by atoms with Gasteiger partial charge in [0.25, 0.3) is 0 Å². The lowest BCUT2D eigenvalue weighted by molar-refractivity contribution is -0.396. The predicted octanol–water partition coefficient (Wildman–Crippen LogP) is 1.62. The molecule has 0 aromatic carbocycles. The molecule has 1 aliphatic heterocycles. The van der Waals surface area contributed by atoms with E-state index in [4.69, 9.17) is 0 Å². The van der Waals surface area contributed by atoms with Crippen LogP contribution in [0.4, 0.5) is 10.3 Å². The smallest absolute Gasteiger partial charge is 0.390 e. The summed E-state index contributed by atoms with van der Waals surface area (Å²) in [5.74, 6) is -0.217. The van der Waals surface area contributed by atoms with Gasteiger partial charge in [-0.05, 0) is 30.9 Å². The number of piperidine rings is 1. The van der Waals surface area contributed by atoms with Gasteiger partial charge in [-0.25, -0.2) is 8.96 Å². The van der Waals surface area contributed by atoms with Gasteiger partial charge in [0, 0.05) is 0 Å². The molecule has 1 unspecified atom stereocenters. The molecule has 2 rings (SSSR count). The third-order valence-electron chi connectivity index (χ3n) is 3.35. The summed E-state index contributed by atoms with van der Waals surface area (Å²) >= 11 is 0. The minimum atomic E-state index is -0.536. The van der Waals surface area contributed by atoms with Gasteiger partial charge in [0.05, 0.1) is 12.6 Å². The van der Waals surface area contributed by atoms with Gasteiger partial charge < -0.3 is 10.1 Å². The molecule has 0 aliphatic carbocycles. The first-order valence-corrected chi connectivity index (χ1v) is 6.18. The fraction of sp³-hybridized carbons (Fsp3) is 0.727. The summed E-state index contributed by atoms with van der Waals surface area (Å²) in [6.07, 6.45) is 6.24. The number of hydrogen-bond donors (Lipinski definition) is 0. The van der Waals surface area contributed by atoms with E-state index >= 15 is 0 Å². The Balaban J connectivity index is 2.04. The van der Waals surface area contributed by atoms with Crippen LogP contribution in [0.25, 0.3) is 0 Å². The van der Waals surface area contributed by atoms with E-state index in [0.717, 1.165) is 25.9 Å². The van der Waals surface area contributed by atoms with Crippen molar-refractivity contribution in [2.75, 3.05) is 19.8 Å². The van der Waals surface area contributed by atoms with Crippen molar-refractivity contribution in [3.05, 3.63) is 22.5 Å². The average molecular weight is 256 g/mol. The van der Waals surface area contributed by atoms with Crippen LogP contribution in [0, 0.1) is 10.1 Å². The van der Waals surface area contributed by atoms with Crippen molar-refractivity contribution in [2.45, 2.75) is 31.8 Å². The van der Waals surface area contributed by atoms with E-state index in [2.05, 4.69) is 9.88 Å². The number of nitro groups is 1. The minimum Gasteiger partial charge on any atom is -0.390 e.